The summed E-state index contributed by atoms with van der Waals surface area (Å²) in [7, 11) is 1.72. The van der Waals surface area contributed by atoms with E-state index in [4.69, 9.17) is 10.7 Å². The highest BCUT2D eigenvalue weighted by molar-refractivity contribution is 8.11. The van der Waals surface area contributed by atoms with Gasteiger partial charge in [-0.2, -0.15) is 12.7 Å². The van der Waals surface area contributed by atoms with Gasteiger partial charge in [0.1, 0.15) is 0 Å². The minimum atomic E-state index is -3.45. The van der Waals surface area contributed by atoms with Crippen LogP contribution in [0.3, 0.4) is 0 Å². The molecule has 1 aliphatic rings. The molecule has 1 atom stereocenters. The molecule has 0 saturated carbocycles. The number of hydrogen-bond donors (Lipinski definition) is 0. The molecule has 0 aromatic carbocycles. The van der Waals surface area contributed by atoms with E-state index in [1.54, 1.807) is 0 Å². The van der Waals surface area contributed by atoms with E-state index >= 15 is 0 Å². The van der Waals surface area contributed by atoms with Crippen molar-refractivity contribution in [2.75, 3.05) is 13.1 Å². The first-order valence-electron chi connectivity index (χ1n) is 3.70. The molecule has 5 heteroatoms. The van der Waals surface area contributed by atoms with Gasteiger partial charge < -0.3 is 0 Å². The smallest absolute Gasteiger partial charge is 0.195 e. The Bertz CT molecular complexity index is 227. The Morgan fingerprint density at radius 3 is 2.55 bits per heavy atom. The van der Waals surface area contributed by atoms with Crippen LogP contribution in [0.4, 0.5) is 0 Å². The van der Waals surface area contributed by atoms with Crippen LogP contribution in [0.15, 0.2) is 0 Å². The topological polar surface area (TPSA) is 37.4 Å². The summed E-state index contributed by atoms with van der Waals surface area (Å²) in [5.41, 5.74) is 0. The molecule has 0 aromatic rings. The second-order valence-electron chi connectivity index (χ2n) is 3.05. The first-order chi connectivity index (χ1) is 5.00. The minimum absolute atomic E-state index is 0.442. The highest BCUT2D eigenvalue weighted by Gasteiger charge is 2.24. The van der Waals surface area contributed by atoms with Crippen LogP contribution in [0.5, 0.6) is 0 Å². The molecule has 0 amide bonds. The molecule has 0 bridgehead atoms. The SMILES string of the molecule is C[C@H]1CCCN(S(=O)(=O)Cl)C1. The summed E-state index contributed by atoms with van der Waals surface area (Å²) in [5.74, 6) is 0.442. The Hall–Kier alpha value is 0.200. The fraction of sp³-hybridized carbons (Fsp3) is 1.00. The summed E-state index contributed by atoms with van der Waals surface area (Å²) < 4.78 is 23.0. The standard InChI is InChI=1S/C6H12ClNO2S/c1-6-3-2-4-8(5-6)11(7,9)10/h6H,2-5H2,1H3/t6-/m0/s1. The predicted octanol–water partition coefficient (Wildman–Crippen LogP) is 1.20. The van der Waals surface area contributed by atoms with Crippen LogP contribution in [0.25, 0.3) is 0 Å². The van der Waals surface area contributed by atoms with Gasteiger partial charge in [0.25, 0.3) is 9.24 Å². The normalized spacial score (nSPS) is 28.7. The van der Waals surface area contributed by atoms with Crippen molar-refractivity contribution in [2.45, 2.75) is 19.8 Å². The van der Waals surface area contributed by atoms with Crippen molar-refractivity contribution in [3.8, 4) is 0 Å². The van der Waals surface area contributed by atoms with E-state index in [1.165, 1.54) is 4.31 Å². The monoisotopic (exact) mass is 197 g/mol. The first-order valence-corrected chi connectivity index (χ1v) is 5.96. The number of nitrogens with zero attached hydrogens (tertiary/aromatic N) is 1. The van der Waals surface area contributed by atoms with Gasteiger partial charge in [0, 0.05) is 23.8 Å². The summed E-state index contributed by atoms with van der Waals surface area (Å²) in [4.78, 5) is 0. The molecule has 1 rings (SSSR count). The van der Waals surface area contributed by atoms with E-state index in [9.17, 15) is 8.42 Å². The van der Waals surface area contributed by atoms with Crippen LogP contribution in [0.2, 0.25) is 0 Å². The molecule has 1 saturated heterocycles. The van der Waals surface area contributed by atoms with Crippen LogP contribution in [-0.2, 0) is 9.24 Å². The van der Waals surface area contributed by atoms with E-state index in [0.29, 0.717) is 19.0 Å². The van der Waals surface area contributed by atoms with E-state index in [-0.39, 0.29) is 0 Å². The maximum atomic E-state index is 10.8. The van der Waals surface area contributed by atoms with Gasteiger partial charge in [-0.1, -0.05) is 6.92 Å². The van der Waals surface area contributed by atoms with Gasteiger partial charge in [0.15, 0.2) is 0 Å². The highest BCUT2D eigenvalue weighted by atomic mass is 35.7. The summed E-state index contributed by atoms with van der Waals surface area (Å²) in [5, 5.41) is 0. The van der Waals surface area contributed by atoms with E-state index < -0.39 is 9.24 Å². The molecule has 0 aromatic heterocycles. The molecule has 66 valence electrons. The fourth-order valence-electron chi connectivity index (χ4n) is 1.34. The lowest BCUT2D eigenvalue weighted by atomic mass is 10.0. The lowest BCUT2D eigenvalue weighted by Crippen LogP contribution is -2.36. The molecular weight excluding hydrogens is 186 g/mol. The van der Waals surface area contributed by atoms with Gasteiger partial charge in [-0.25, -0.2) is 0 Å². The summed E-state index contributed by atoms with van der Waals surface area (Å²) in [6.07, 6.45) is 2.02. The van der Waals surface area contributed by atoms with Crippen molar-refractivity contribution < 1.29 is 8.42 Å². The number of piperidine rings is 1. The van der Waals surface area contributed by atoms with E-state index in [0.717, 1.165) is 12.8 Å². The van der Waals surface area contributed by atoms with Crippen molar-refractivity contribution in [2.24, 2.45) is 5.92 Å². The van der Waals surface area contributed by atoms with Gasteiger partial charge in [0.05, 0.1) is 0 Å². The van der Waals surface area contributed by atoms with Crippen LogP contribution in [0.1, 0.15) is 19.8 Å². The van der Waals surface area contributed by atoms with Crippen molar-refractivity contribution in [1.29, 1.82) is 0 Å². The summed E-state index contributed by atoms with van der Waals surface area (Å²) >= 11 is 0. The average molecular weight is 198 g/mol. The van der Waals surface area contributed by atoms with Gasteiger partial charge >= 0.3 is 0 Å². The number of hydrogen-bond acceptors (Lipinski definition) is 2. The van der Waals surface area contributed by atoms with Crippen molar-refractivity contribution in [3.63, 3.8) is 0 Å². The Morgan fingerprint density at radius 1 is 1.55 bits per heavy atom. The quantitative estimate of drug-likeness (QED) is 0.593. The molecule has 3 nitrogen and oxygen atoms in total. The molecule has 0 spiro atoms. The van der Waals surface area contributed by atoms with Gasteiger partial charge in [-0.05, 0) is 18.8 Å². The molecular formula is C6H12ClNO2S. The lowest BCUT2D eigenvalue weighted by molar-refractivity contribution is 0.285. The van der Waals surface area contributed by atoms with Crippen molar-refractivity contribution >= 4 is 19.9 Å². The zero-order chi connectivity index (χ0) is 8.48. The fourth-order valence-corrected chi connectivity index (χ4v) is 2.50. The maximum Gasteiger partial charge on any atom is 0.299 e. The van der Waals surface area contributed by atoms with E-state index in [2.05, 4.69) is 0 Å². The Morgan fingerprint density at radius 2 is 2.18 bits per heavy atom. The predicted molar refractivity (Wildman–Crippen MR) is 44.7 cm³/mol. The Kier molecular flexibility index (Phi) is 2.78. The van der Waals surface area contributed by atoms with Gasteiger partial charge in [-0.15, -0.1) is 0 Å². The second kappa shape index (κ2) is 3.29. The zero-order valence-electron chi connectivity index (χ0n) is 6.46. The first kappa shape index (κ1) is 9.29. The maximum absolute atomic E-state index is 10.8. The third kappa shape index (κ3) is 2.61. The van der Waals surface area contributed by atoms with Crippen molar-refractivity contribution in [3.05, 3.63) is 0 Å². The zero-order valence-corrected chi connectivity index (χ0v) is 8.03. The Labute approximate surface area is 71.9 Å². The van der Waals surface area contributed by atoms with Crippen LogP contribution >= 0.6 is 10.7 Å². The molecule has 0 N–H and O–H groups in total. The summed E-state index contributed by atoms with van der Waals surface area (Å²) in [6.45, 7) is 3.19. The van der Waals surface area contributed by atoms with Gasteiger partial charge in [0.2, 0.25) is 0 Å². The van der Waals surface area contributed by atoms with Crippen LogP contribution < -0.4 is 0 Å². The largest absolute Gasteiger partial charge is 0.299 e. The third-order valence-electron chi connectivity index (χ3n) is 1.93. The van der Waals surface area contributed by atoms with Crippen LogP contribution in [-0.4, -0.2) is 25.8 Å². The van der Waals surface area contributed by atoms with E-state index in [1.807, 2.05) is 6.92 Å². The summed E-state index contributed by atoms with van der Waals surface area (Å²) in [6, 6.07) is 0. The number of rotatable bonds is 1. The molecule has 0 radical (unpaired) electrons. The average Bonchev–Trinajstić information content (AvgIpc) is 1.86. The lowest BCUT2D eigenvalue weighted by Gasteiger charge is -2.27. The Balaban J connectivity index is 2.60. The number of halogens is 1. The van der Waals surface area contributed by atoms with Crippen LogP contribution in [0, 0.1) is 5.92 Å². The second-order valence-corrected chi connectivity index (χ2v) is 5.56. The third-order valence-corrected chi connectivity index (χ3v) is 3.46. The highest BCUT2D eigenvalue weighted by Crippen LogP contribution is 2.19. The molecule has 1 aliphatic heterocycles. The molecule has 0 aliphatic carbocycles. The minimum Gasteiger partial charge on any atom is -0.195 e. The van der Waals surface area contributed by atoms with Crippen molar-refractivity contribution in [1.82, 2.24) is 4.31 Å². The molecule has 11 heavy (non-hydrogen) atoms. The molecule has 0 unspecified atom stereocenters. The molecule has 1 heterocycles. The van der Waals surface area contributed by atoms with Gasteiger partial charge in [-0.3, -0.25) is 0 Å². The molecule has 1 fully saturated rings.